The van der Waals surface area contributed by atoms with Crippen LogP contribution in [0, 0.1) is 22.7 Å². The quantitative estimate of drug-likeness (QED) is 0.142. The van der Waals surface area contributed by atoms with Gasteiger partial charge >= 0.3 is 0 Å². The number of anilines is 6. The van der Waals surface area contributed by atoms with Crippen LogP contribution in [0.3, 0.4) is 0 Å². The molecule has 0 saturated heterocycles. The first-order valence-corrected chi connectivity index (χ1v) is 25.3. The Morgan fingerprint density at radius 3 is 1.30 bits per heavy atom. The van der Waals surface area contributed by atoms with Crippen LogP contribution in [-0.4, -0.2) is 0 Å². The Balaban J connectivity index is 1.08. The molecule has 0 aliphatic heterocycles. The van der Waals surface area contributed by atoms with E-state index in [2.05, 4.69) is 232 Å². The predicted octanol–water partition coefficient (Wildman–Crippen LogP) is 18.4. The molecule has 11 aromatic rings. The highest BCUT2D eigenvalue weighted by Gasteiger charge is 2.53. The second-order valence-corrected chi connectivity index (χ2v) is 20.2. The lowest BCUT2D eigenvalue weighted by Crippen LogP contribution is -2.26. The fourth-order valence-corrected chi connectivity index (χ4v) is 12.2. The van der Waals surface area contributed by atoms with Gasteiger partial charge in [-0.1, -0.05) is 149 Å². The van der Waals surface area contributed by atoms with E-state index in [0.29, 0.717) is 23.0 Å². The van der Waals surface area contributed by atoms with Gasteiger partial charge in [-0.2, -0.15) is 10.5 Å². The zero-order valence-corrected chi connectivity index (χ0v) is 41.2. The Labute approximate surface area is 426 Å². The highest BCUT2D eigenvalue weighted by Crippen LogP contribution is 2.67. The summed E-state index contributed by atoms with van der Waals surface area (Å²) in [5.74, 6) is 0.819. The minimum atomic E-state index is -0.651. The molecule has 2 aliphatic carbocycles. The van der Waals surface area contributed by atoms with Crippen LogP contribution in [0.2, 0.25) is 0 Å². The van der Waals surface area contributed by atoms with Crippen molar-refractivity contribution < 1.29 is 0 Å². The molecule has 0 unspecified atom stereocenters. The third-order valence-corrected chi connectivity index (χ3v) is 15.6. The summed E-state index contributed by atoms with van der Waals surface area (Å²) in [5, 5.41) is 26.7. The minimum Gasteiger partial charge on any atom is -0.310 e. The van der Waals surface area contributed by atoms with Crippen LogP contribution < -0.4 is 9.80 Å². The molecule has 0 saturated carbocycles. The Morgan fingerprint density at radius 2 is 0.795 bits per heavy atom. The van der Waals surface area contributed by atoms with E-state index in [-0.39, 0.29) is 0 Å². The highest BCUT2D eigenvalue weighted by molar-refractivity contribution is 6.22. The maximum Gasteiger partial charge on any atom is 0.0991 e. The van der Waals surface area contributed by atoms with Gasteiger partial charge in [0.15, 0.2) is 0 Å². The molecule has 0 aromatic heterocycles. The van der Waals surface area contributed by atoms with E-state index in [1.54, 1.807) is 0 Å². The van der Waals surface area contributed by atoms with Gasteiger partial charge in [0, 0.05) is 34.1 Å². The summed E-state index contributed by atoms with van der Waals surface area (Å²) < 4.78 is 0. The van der Waals surface area contributed by atoms with Gasteiger partial charge in [0.2, 0.25) is 0 Å². The zero-order chi connectivity index (χ0) is 49.5. The maximum atomic E-state index is 9.80. The van der Waals surface area contributed by atoms with Crippen molar-refractivity contribution >= 4 is 66.4 Å². The molecule has 73 heavy (non-hydrogen) atoms. The second kappa shape index (κ2) is 17.0. The summed E-state index contributed by atoms with van der Waals surface area (Å²) in [6.07, 6.45) is 0. The third kappa shape index (κ3) is 6.65. The van der Waals surface area contributed by atoms with Crippen molar-refractivity contribution in [2.75, 3.05) is 9.80 Å². The van der Waals surface area contributed by atoms with Gasteiger partial charge in [0.1, 0.15) is 0 Å². The van der Waals surface area contributed by atoms with Gasteiger partial charge in [-0.15, -0.1) is 0 Å². The molecule has 2 aliphatic rings. The molecule has 13 rings (SSSR count). The van der Waals surface area contributed by atoms with Gasteiger partial charge < -0.3 is 9.80 Å². The van der Waals surface area contributed by atoms with E-state index >= 15 is 0 Å². The van der Waals surface area contributed by atoms with Crippen molar-refractivity contribution in [2.24, 2.45) is 0 Å². The second-order valence-electron chi connectivity index (χ2n) is 20.2. The van der Waals surface area contributed by atoms with Crippen LogP contribution in [0.1, 0.15) is 84.0 Å². The van der Waals surface area contributed by atoms with Crippen LogP contribution in [0.5, 0.6) is 0 Å². The highest BCUT2D eigenvalue weighted by atomic mass is 15.1. The van der Waals surface area contributed by atoms with Crippen molar-refractivity contribution in [1.82, 2.24) is 0 Å². The van der Waals surface area contributed by atoms with E-state index in [4.69, 9.17) is 0 Å². The molecular weight excluding hydrogens is 885 g/mol. The Morgan fingerprint density at radius 1 is 0.356 bits per heavy atom. The number of hydrogen-bond acceptors (Lipinski definition) is 4. The van der Waals surface area contributed by atoms with E-state index < -0.39 is 5.41 Å². The number of benzene rings is 11. The van der Waals surface area contributed by atoms with Crippen molar-refractivity contribution in [2.45, 2.75) is 44.9 Å². The lowest BCUT2D eigenvalue weighted by atomic mass is 9.68. The maximum absolute atomic E-state index is 9.80. The molecule has 0 N–H and O–H groups in total. The summed E-state index contributed by atoms with van der Waals surface area (Å²) in [5.41, 5.74) is 19.6. The molecule has 11 aromatic carbocycles. The first kappa shape index (κ1) is 43.8. The van der Waals surface area contributed by atoms with Crippen LogP contribution in [0.4, 0.5) is 34.1 Å². The van der Waals surface area contributed by atoms with Gasteiger partial charge in [-0.05, 0) is 197 Å². The fraction of sp³-hybridized carbons (Fsp3) is 0.101. The number of hydrogen-bond donors (Lipinski definition) is 0. The first-order chi connectivity index (χ1) is 35.8. The van der Waals surface area contributed by atoms with Gasteiger partial charge in [-0.25, -0.2) is 0 Å². The molecule has 1 spiro atoms. The largest absolute Gasteiger partial charge is 0.310 e. The molecule has 0 fully saturated rings. The first-order valence-electron chi connectivity index (χ1n) is 25.3. The number of nitriles is 2. The summed E-state index contributed by atoms with van der Waals surface area (Å²) >= 11 is 0. The van der Waals surface area contributed by atoms with Gasteiger partial charge in [0.05, 0.1) is 28.7 Å². The average Bonchev–Trinajstić information content (AvgIpc) is 3.92. The van der Waals surface area contributed by atoms with Crippen molar-refractivity contribution in [3.05, 3.63) is 263 Å². The Kier molecular flexibility index (Phi) is 10.2. The van der Waals surface area contributed by atoms with E-state index in [0.717, 1.165) is 39.5 Å². The molecule has 0 amide bonds. The van der Waals surface area contributed by atoms with Crippen LogP contribution >= 0.6 is 0 Å². The average molecular weight is 935 g/mol. The molecule has 0 bridgehead atoms. The standard InChI is InChI=1S/C69H50N4/c1-43(2)47-21-30-52(31-22-47)72(50-26-17-45(41-70)18-27-50)54-34-37-56-49(39-54)25-36-62-66-60-14-6-5-11-57(60)63-40-55(73(51-28-19-46(42-71)20-29-51)53-32-23-48(24-33-53)44(3)4)35-38-61(63)68(66)69(67(56)62)64-15-9-7-12-58(64)59-13-8-10-16-65(59)69/h5-40,43-44H,1-4H3. The molecule has 346 valence electrons. The Bertz CT molecular complexity index is 4050. The Hall–Kier alpha value is -9.22. The van der Waals surface area contributed by atoms with Gasteiger partial charge in [-0.3, -0.25) is 0 Å². The molecule has 0 heterocycles. The summed E-state index contributed by atoms with van der Waals surface area (Å²) in [6, 6.07) is 84.2. The smallest absolute Gasteiger partial charge is 0.0991 e. The molecular formula is C69H50N4. The van der Waals surface area contributed by atoms with Crippen molar-refractivity contribution in [1.29, 1.82) is 10.5 Å². The lowest BCUT2D eigenvalue weighted by Gasteiger charge is -2.33. The fourth-order valence-electron chi connectivity index (χ4n) is 12.2. The molecule has 4 heteroatoms. The van der Waals surface area contributed by atoms with Crippen LogP contribution in [0.25, 0.3) is 54.6 Å². The normalized spacial score (nSPS) is 12.7. The van der Waals surface area contributed by atoms with Crippen LogP contribution in [-0.2, 0) is 5.41 Å². The SMILES string of the molecule is CC(C)c1ccc(N(c2ccc(C#N)cc2)c2ccc3c4c(ccc3c2)-c2c(c3ccc(N(c5ccc(C#N)cc5)c5ccc(C(C)C)cc5)cc3c3ccccc23)C42c3ccccc3-c3ccccc32)cc1. The van der Waals surface area contributed by atoms with E-state index in [1.165, 1.54) is 82.6 Å². The monoisotopic (exact) mass is 934 g/mol. The third-order valence-electron chi connectivity index (χ3n) is 15.6. The minimum absolute atomic E-state index is 0.407. The van der Waals surface area contributed by atoms with E-state index in [9.17, 15) is 10.5 Å². The van der Waals surface area contributed by atoms with E-state index in [1.807, 2.05) is 36.4 Å². The van der Waals surface area contributed by atoms with Crippen molar-refractivity contribution in [3.8, 4) is 34.4 Å². The number of nitrogens with zero attached hydrogens (tertiary/aromatic N) is 4. The predicted molar refractivity (Wildman–Crippen MR) is 302 cm³/mol. The van der Waals surface area contributed by atoms with Crippen LogP contribution in [0.15, 0.2) is 218 Å². The lowest BCUT2D eigenvalue weighted by molar-refractivity contribution is 0.809. The summed E-state index contributed by atoms with van der Waals surface area (Å²) in [6.45, 7) is 8.91. The molecule has 0 atom stereocenters. The topological polar surface area (TPSA) is 54.1 Å². The number of fused-ring (bicyclic) bond motifs is 17. The van der Waals surface area contributed by atoms with Crippen molar-refractivity contribution in [3.63, 3.8) is 0 Å². The number of rotatable bonds is 8. The van der Waals surface area contributed by atoms with Gasteiger partial charge in [0.25, 0.3) is 0 Å². The molecule has 0 radical (unpaired) electrons. The summed E-state index contributed by atoms with van der Waals surface area (Å²) in [4.78, 5) is 4.63. The molecule has 4 nitrogen and oxygen atoms in total. The summed E-state index contributed by atoms with van der Waals surface area (Å²) in [7, 11) is 0. The zero-order valence-electron chi connectivity index (χ0n) is 41.2.